The highest BCUT2D eigenvalue weighted by Crippen LogP contribution is 2.30. The van der Waals surface area contributed by atoms with Crippen molar-refractivity contribution in [3.05, 3.63) is 100 Å². The lowest BCUT2D eigenvalue weighted by Gasteiger charge is -2.21. The number of benzene rings is 3. The van der Waals surface area contributed by atoms with Gasteiger partial charge in [0.05, 0.1) is 22.4 Å². The number of rotatable bonds is 7. The summed E-state index contributed by atoms with van der Waals surface area (Å²) in [5.41, 5.74) is 2.43. The molecule has 0 saturated carbocycles. The third kappa shape index (κ3) is 6.72. The van der Waals surface area contributed by atoms with Crippen LogP contribution in [0.4, 0.5) is 0 Å². The summed E-state index contributed by atoms with van der Waals surface area (Å²) in [4.78, 5) is -0.0820. The van der Waals surface area contributed by atoms with Crippen LogP contribution in [0.3, 0.4) is 0 Å². The third-order valence-corrected chi connectivity index (χ3v) is 9.00. The van der Waals surface area contributed by atoms with Crippen molar-refractivity contribution in [1.82, 2.24) is 10.3 Å². The van der Waals surface area contributed by atoms with Gasteiger partial charge in [-0.1, -0.05) is 65.7 Å². The maximum absolute atomic E-state index is 13.2. The van der Waals surface area contributed by atoms with Crippen molar-refractivity contribution in [1.29, 1.82) is 0 Å². The molecular weight excluding hydrogens is 569 g/mol. The number of hydrogen-bond donors (Lipinski definition) is 2. The lowest BCUT2D eigenvalue weighted by molar-refractivity contribution is 0.454. The zero-order valence-corrected chi connectivity index (χ0v) is 23.3. The van der Waals surface area contributed by atoms with E-state index in [1.165, 1.54) is 36.2 Å². The number of nitrogens with one attached hydrogen (secondary N) is 1. The van der Waals surface area contributed by atoms with Crippen LogP contribution in [0.15, 0.2) is 93.3 Å². The molecule has 0 aromatic heterocycles. The summed E-state index contributed by atoms with van der Waals surface area (Å²) in [7, 11) is -8.09. The zero-order valence-electron chi connectivity index (χ0n) is 20.2. The van der Waals surface area contributed by atoms with Crippen molar-refractivity contribution in [2.24, 2.45) is 14.6 Å². The molecular formula is C25H25Cl2N5O4S2. The van der Waals surface area contributed by atoms with Crippen molar-refractivity contribution < 1.29 is 16.8 Å². The second-order valence-electron chi connectivity index (χ2n) is 8.66. The van der Waals surface area contributed by atoms with E-state index in [4.69, 9.17) is 33.4 Å². The first-order valence-corrected chi connectivity index (χ1v) is 15.3. The fourth-order valence-electron chi connectivity index (χ4n) is 3.76. The lowest BCUT2D eigenvalue weighted by atomic mass is 9.91. The molecule has 1 heterocycles. The number of sulfonamides is 2. The fraction of sp³-hybridized carbons (Fsp3) is 0.200. The SMILES string of the molecule is C[C@@H](CN/C(=N\S(=O)(=O)c1ccc(Cl)cc1)N1C[C@@H](c2ccccc2)C(c2ccc(Cl)cc2)=N1)S(N)(=O)=O. The van der Waals surface area contributed by atoms with Gasteiger partial charge in [0.25, 0.3) is 10.0 Å². The van der Waals surface area contributed by atoms with Gasteiger partial charge in [-0.25, -0.2) is 18.6 Å². The Labute approximate surface area is 232 Å². The monoisotopic (exact) mass is 593 g/mol. The van der Waals surface area contributed by atoms with Gasteiger partial charge in [-0.3, -0.25) is 0 Å². The molecule has 0 radical (unpaired) electrons. The first kappa shape index (κ1) is 28.1. The standard InChI is InChI=1S/C25H25Cl2N5O4S2/c1-17(37(28,33)34)15-29-25(31-38(35,36)22-13-11-21(27)12-14-22)32-16-23(18-5-3-2-4-6-18)24(30-32)19-7-9-20(26)10-8-19/h2-14,17,23H,15-16H2,1H3,(H,29,31)(H2,28,33,34)/t17-,23-/m0/s1. The minimum atomic E-state index is -4.21. The average molecular weight is 595 g/mol. The quantitative estimate of drug-likeness (QED) is 0.316. The van der Waals surface area contributed by atoms with Gasteiger partial charge in [0.15, 0.2) is 0 Å². The molecule has 2 atom stereocenters. The molecule has 0 amide bonds. The molecule has 0 fully saturated rings. The van der Waals surface area contributed by atoms with Crippen LogP contribution >= 0.6 is 23.2 Å². The lowest BCUT2D eigenvalue weighted by Crippen LogP contribution is -2.44. The van der Waals surface area contributed by atoms with E-state index >= 15 is 0 Å². The van der Waals surface area contributed by atoms with Gasteiger partial charge >= 0.3 is 0 Å². The first-order valence-electron chi connectivity index (χ1n) is 11.5. The molecule has 38 heavy (non-hydrogen) atoms. The van der Waals surface area contributed by atoms with Crippen LogP contribution in [0.2, 0.25) is 10.0 Å². The Balaban J connectivity index is 1.78. The van der Waals surface area contributed by atoms with Crippen LogP contribution in [0, 0.1) is 0 Å². The van der Waals surface area contributed by atoms with Gasteiger partial charge in [-0.15, -0.1) is 4.40 Å². The van der Waals surface area contributed by atoms with E-state index in [1.54, 1.807) is 12.1 Å². The first-order chi connectivity index (χ1) is 17.9. The molecule has 0 bridgehead atoms. The normalized spacial score (nSPS) is 17.3. The number of guanidine groups is 1. The molecule has 3 N–H and O–H groups in total. The van der Waals surface area contributed by atoms with E-state index < -0.39 is 25.3 Å². The van der Waals surface area contributed by atoms with Crippen LogP contribution in [0.5, 0.6) is 0 Å². The van der Waals surface area contributed by atoms with Crippen LogP contribution in [0.25, 0.3) is 0 Å². The maximum Gasteiger partial charge on any atom is 0.285 e. The highest BCUT2D eigenvalue weighted by atomic mass is 35.5. The topological polar surface area (TPSA) is 134 Å². The molecule has 0 unspecified atom stereocenters. The van der Waals surface area contributed by atoms with E-state index in [1.807, 2.05) is 42.5 Å². The van der Waals surface area contributed by atoms with Gasteiger partial charge < -0.3 is 5.32 Å². The van der Waals surface area contributed by atoms with Crippen molar-refractivity contribution in [2.45, 2.75) is 23.0 Å². The summed E-state index contributed by atoms with van der Waals surface area (Å²) in [5, 5.41) is 14.2. The van der Waals surface area contributed by atoms with Crippen molar-refractivity contribution in [3.63, 3.8) is 0 Å². The van der Waals surface area contributed by atoms with Gasteiger partial charge in [0.1, 0.15) is 0 Å². The van der Waals surface area contributed by atoms with Crippen LogP contribution in [-0.2, 0) is 20.0 Å². The molecule has 0 spiro atoms. The Morgan fingerprint density at radius 1 is 1.00 bits per heavy atom. The van der Waals surface area contributed by atoms with Crippen LogP contribution < -0.4 is 10.5 Å². The fourth-order valence-corrected chi connectivity index (χ4v) is 5.30. The van der Waals surface area contributed by atoms with Crippen molar-refractivity contribution in [2.75, 3.05) is 13.1 Å². The molecule has 1 aliphatic heterocycles. The van der Waals surface area contributed by atoms with Gasteiger partial charge in [-0.05, 0) is 54.4 Å². The van der Waals surface area contributed by atoms with E-state index in [2.05, 4.69) is 9.71 Å². The maximum atomic E-state index is 13.2. The Morgan fingerprint density at radius 3 is 2.16 bits per heavy atom. The highest BCUT2D eigenvalue weighted by molar-refractivity contribution is 7.90. The summed E-state index contributed by atoms with van der Waals surface area (Å²) in [6, 6.07) is 22.3. The van der Waals surface area contributed by atoms with Gasteiger partial charge in [0, 0.05) is 22.5 Å². The Bertz CT molecular complexity index is 1560. The second-order valence-corrected chi connectivity index (χ2v) is 13.1. The summed E-state index contributed by atoms with van der Waals surface area (Å²) >= 11 is 12.0. The molecule has 0 saturated heterocycles. The predicted octanol–water partition coefficient (Wildman–Crippen LogP) is 3.81. The minimum absolute atomic E-state index is 0.0820. The Hall–Kier alpha value is -2.96. The highest BCUT2D eigenvalue weighted by Gasteiger charge is 2.33. The molecule has 0 aliphatic carbocycles. The van der Waals surface area contributed by atoms with Crippen LogP contribution in [0.1, 0.15) is 24.0 Å². The van der Waals surface area contributed by atoms with Crippen molar-refractivity contribution >= 4 is 54.9 Å². The predicted molar refractivity (Wildman–Crippen MR) is 151 cm³/mol. The molecule has 9 nitrogen and oxygen atoms in total. The smallest absolute Gasteiger partial charge is 0.285 e. The molecule has 4 rings (SSSR count). The van der Waals surface area contributed by atoms with Gasteiger partial charge in [0.2, 0.25) is 16.0 Å². The average Bonchev–Trinajstić information content (AvgIpc) is 3.32. The molecule has 200 valence electrons. The number of hydrogen-bond acceptors (Lipinski definition) is 5. The number of nitrogens with zero attached hydrogens (tertiary/aromatic N) is 3. The number of halogens is 2. The number of hydrazone groups is 1. The van der Waals surface area contributed by atoms with E-state index in [-0.39, 0.29) is 29.9 Å². The largest absolute Gasteiger partial charge is 0.353 e. The summed E-state index contributed by atoms with van der Waals surface area (Å²) in [6.07, 6.45) is 0. The van der Waals surface area contributed by atoms with E-state index in [0.717, 1.165) is 11.1 Å². The third-order valence-electron chi connectivity index (χ3n) is 5.93. The Morgan fingerprint density at radius 2 is 1.58 bits per heavy atom. The van der Waals surface area contributed by atoms with Crippen LogP contribution in [-0.4, -0.2) is 51.9 Å². The van der Waals surface area contributed by atoms with E-state index in [0.29, 0.717) is 15.8 Å². The zero-order chi connectivity index (χ0) is 27.5. The molecule has 3 aromatic rings. The second kappa shape index (κ2) is 11.4. The van der Waals surface area contributed by atoms with E-state index in [9.17, 15) is 16.8 Å². The minimum Gasteiger partial charge on any atom is -0.353 e. The Kier molecular flexibility index (Phi) is 8.43. The summed E-state index contributed by atoms with van der Waals surface area (Å²) in [5.74, 6) is -0.376. The number of nitrogens with two attached hydrogens (primary N) is 1. The molecule has 13 heteroatoms. The molecule has 1 aliphatic rings. The number of primary sulfonamides is 1. The summed E-state index contributed by atoms with van der Waals surface area (Å²) in [6.45, 7) is 1.46. The summed E-state index contributed by atoms with van der Waals surface area (Å²) < 4.78 is 54.0. The van der Waals surface area contributed by atoms with Crippen molar-refractivity contribution in [3.8, 4) is 0 Å². The molecule has 3 aromatic carbocycles. The van der Waals surface area contributed by atoms with Gasteiger partial charge in [-0.2, -0.15) is 13.5 Å².